The van der Waals surface area contributed by atoms with E-state index in [1.165, 1.54) is 18.2 Å². The van der Waals surface area contributed by atoms with Gasteiger partial charge >= 0.3 is 0 Å². The van der Waals surface area contributed by atoms with Crippen LogP contribution in [0, 0.1) is 23.7 Å². The third kappa shape index (κ3) is 2.87. The monoisotopic (exact) mass is 226 g/mol. The lowest BCUT2D eigenvalue weighted by Crippen LogP contribution is -2.33. The number of rotatable bonds is 3. The van der Waals surface area contributed by atoms with Crippen LogP contribution in [0.5, 0.6) is 0 Å². The minimum atomic E-state index is 0.236. The fourth-order valence-electron chi connectivity index (χ4n) is 2.52. The van der Waals surface area contributed by atoms with Crippen LogP contribution in [0.4, 0.5) is 0 Å². The zero-order valence-corrected chi connectivity index (χ0v) is 11.0. The Morgan fingerprint density at radius 3 is 2.80 bits per heavy atom. The number of thioether (sulfide) groups is 1. The molecule has 0 spiro atoms. The van der Waals surface area contributed by atoms with Crippen molar-refractivity contribution in [2.24, 2.45) is 23.7 Å². The van der Waals surface area contributed by atoms with Gasteiger partial charge in [-0.1, -0.05) is 51.1 Å². The molecule has 4 atom stereocenters. The highest BCUT2D eigenvalue weighted by molar-refractivity contribution is 8.13. The normalized spacial score (nSPS) is 32.7. The fourth-order valence-corrected chi connectivity index (χ4v) is 3.18. The van der Waals surface area contributed by atoms with Crippen molar-refractivity contribution in [1.29, 1.82) is 0 Å². The van der Waals surface area contributed by atoms with Gasteiger partial charge in [0.05, 0.1) is 0 Å². The summed E-state index contributed by atoms with van der Waals surface area (Å²) in [6.07, 6.45) is 8.62. The summed E-state index contributed by atoms with van der Waals surface area (Å²) in [5.41, 5.74) is 0. The van der Waals surface area contributed by atoms with Gasteiger partial charge in [-0.15, -0.1) is 0 Å². The molecular formula is C13H22OS. The van der Waals surface area contributed by atoms with E-state index < -0.39 is 0 Å². The Kier molecular flexibility index (Phi) is 4.91. The second-order valence-electron chi connectivity index (χ2n) is 4.62. The van der Waals surface area contributed by atoms with Crippen molar-refractivity contribution in [2.75, 3.05) is 6.26 Å². The van der Waals surface area contributed by atoms with Gasteiger partial charge < -0.3 is 0 Å². The van der Waals surface area contributed by atoms with Crippen LogP contribution < -0.4 is 0 Å². The lowest BCUT2D eigenvalue weighted by Gasteiger charge is -2.35. The molecule has 0 saturated heterocycles. The Hall–Kier alpha value is -0.240. The Balaban J connectivity index is 2.84. The molecule has 4 unspecified atom stereocenters. The smallest absolute Gasteiger partial charge is 0.192 e. The highest BCUT2D eigenvalue weighted by Gasteiger charge is 2.35. The standard InChI is InChI=1S/C13H22OS/c1-5-9(2)11-8-6-7-10(3)12(11)13(14)15-4/h6-7,9-12H,5,8H2,1-4H3. The lowest BCUT2D eigenvalue weighted by atomic mass is 9.71. The topological polar surface area (TPSA) is 17.1 Å². The SMILES string of the molecule is CCC(C)C1CC=CC(C)C1C(=O)SC. The van der Waals surface area contributed by atoms with E-state index in [9.17, 15) is 4.79 Å². The molecule has 0 aromatic carbocycles. The molecule has 0 bridgehead atoms. The van der Waals surface area contributed by atoms with Crippen molar-refractivity contribution >= 4 is 16.9 Å². The Bertz CT molecular complexity index is 247. The molecule has 0 fully saturated rings. The van der Waals surface area contributed by atoms with Gasteiger partial charge in [-0.2, -0.15) is 0 Å². The lowest BCUT2D eigenvalue weighted by molar-refractivity contribution is -0.117. The van der Waals surface area contributed by atoms with Gasteiger partial charge in [-0.3, -0.25) is 4.79 Å². The first-order valence-electron chi connectivity index (χ1n) is 5.86. The minimum absolute atomic E-state index is 0.236. The molecule has 1 aliphatic carbocycles. The van der Waals surface area contributed by atoms with Crippen LogP contribution in [0.15, 0.2) is 12.2 Å². The number of hydrogen-bond donors (Lipinski definition) is 0. The van der Waals surface area contributed by atoms with Crippen LogP contribution in [0.25, 0.3) is 0 Å². The number of carbonyl (C=O) groups excluding carboxylic acids is 1. The molecule has 0 aromatic heterocycles. The Morgan fingerprint density at radius 1 is 1.60 bits per heavy atom. The molecule has 1 rings (SSSR count). The first-order chi connectivity index (χ1) is 7.11. The quantitative estimate of drug-likeness (QED) is 0.682. The first-order valence-corrected chi connectivity index (χ1v) is 7.08. The van der Waals surface area contributed by atoms with Gasteiger partial charge in [0.2, 0.25) is 0 Å². The maximum Gasteiger partial charge on any atom is 0.192 e. The molecule has 0 aliphatic heterocycles. The van der Waals surface area contributed by atoms with Gasteiger partial charge in [-0.25, -0.2) is 0 Å². The maximum atomic E-state index is 11.9. The summed E-state index contributed by atoms with van der Waals surface area (Å²) in [4.78, 5) is 11.9. The summed E-state index contributed by atoms with van der Waals surface area (Å²) in [5, 5.41) is 0.372. The molecule has 0 amide bonds. The summed E-state index contributed by atoms with van der Waals surface area (Å²) in [6.45, 7) is 6.66. The third-order valence-electron chi connectivity index (χ3n) is 3.72. The van der Waals surface area contributed by atoms with E-state index in [0.29, 0.717) is 22.9 Å². The van der Waals surface area contributed by atoms with Crippen molar-refractivity contribution in [1.82, 2.24) is 0 Å². The van der Waals surface area contributed by atoms with E-state index in [0.717, 1.165) is 6.42 Å². The summed E-state index contributed by atoms with van der Waals surface area (Å²) in [7, 11) is 0. The van der Waals surface area contributed by atoms with Crippen molar-refractivity contribution < 1.29 is 4.79 Å². The van der Waals surface area contributed by atoms with Crippen LogP contribution in [0.3, 0.4) is 0 Å². The van der Waals surface area contributed by atoms with E-state index in [-0.39, 0.29) is 5.92 Å². The number of hydrogen-bond acceptors (Lipinski definition) is 2. The van der Waals surface area contributed by atoms with Crippen LogP contribution in [0.1, 0.15) is 33.6 Å². The second-order valence-corrected chi connectivity index (χ2v) is 5.43. The molecule has 0 aromatic rings. The first kappa shape index (κ1) is 12.8. The van der Waals surface area contributed by atoms with Gasteiger partial charge in [0, 0.05) is 5.92 Å². The van der Waals surface area contributed by atoms with Crippen LogP contribution in [-0.4, -0.2) is 11.4 Å². The molecule has 15 heavy (non-hydrogen) atoms. The predicted octanol–water partition coefficient (Wildman–Crippen LogP) is 3.75. The van der Waals surface area contributed by atoms with Crippen LogP contribution in [0.2, 0.25) is 0 Å². The molecule has 1 aliphatic rings. The second kappa shape index (κ2) is 5.74. The third-order valence-corrected chi connectivity index (χ3v) is 4.40. The maximum absolute atomic E-state index is 11.9. The molecular weight excluding hydrogens is 204 g/mol. The van der Waals surface area contributed by atoms with Crippen molar-refractivity contribution in [2.45, 2.75) is 33.6 Å². The molecule has 0 N–H and O–H groups in total. The Morgan fingerprint density at radius 2 is 2.27 bits per heavy atom. The van der Waals surface area contributed by atoms with Gasteiger partial charge in [0.1, 0.15) is 0 Å². The Labute approximate surface area is 97.7 Å². The number of allylic oxidation sites excluding steroid dienone is 2. The average Bonchev–Trinajstić information content (AvgIpc) is 2.26. The van der Waals surface area contributed by atoms with E-state index in [4.69, 9.17) is 0 Å². The van der Waals surface area contributed by atoms with Crippen molar-refractivity contribution in [3.05, 3.63) is 12.2 Å². The van der Waals surface area contributed by atoms with E-state index in [1.807, 2.05) is 6.26 Å². The summed E-state index contributed by atoms with van der Waals surface area (Å²) >= 11 is 1.39. The predicted molar refractivity (Wildman–Crippen MR) is 67.9 cm³/mol. The van der Waals surface area contributed by atoms with E-state index in [2.05, 4.69) is 32.9 Å². The number of carbonyl (C=O) groups is 1. The van der Waals surface area contributed by atoms with E-state index in [1.54, 1.807) is 0 Å². The van der Waals surface area contributed by atoms with Gasteiger partial charge in [-0.05, 0) is 30.4 Å². The minimum Gasteiger partial charge on any atom is -0.287 e. The highest BCUT2D eigenvalue weighted by atomic mass is 32.2. The zero-order chi connectivity index (χ0) is 11.4. The van der Waals surface area contributed by atoms with Crippen molar-refractivity contribution in [3.63, 3.8) is 0 Å². The zero-order valence-electron chi connectivity index (χ0n) is 10.2. The van der Waals surface area contributed by atoms with Crippen LogP contribution in [-0.2, 0) is 4.79 Å². The summed E-state index contributed by atoms with van der Waals surface area (Å²) < 4.78 is 0. The van der Waals surface area contributed by atoms with Crippen molar-refractivity contribution in [3.8, 4) is 0 Å². The fraction of sp³-hybridized carbons (Fsp3) is 0.769. The molecule has 1 nitrogen and oxygen atoms in total. The molecule has 0 saturated carbocycles. The molecule has 0 heterocycles. The highest BCUT2D eigenvalue weighted by Crippen LogP contribution is 2.38. The van der Waals surface area contributed by atoms with E-state index >= 15 is 0 Å². The van der Waals surface area contributed by atoms with Gasteiger partial charge in [0.15, 0.2) is 5.12 Å². The molecule has 2 heteroatoms. The largest absolute Gasteiger partial charge is 0.287 e. The summed E-state index contributed by atoms with van der Waals surface area (Å²) in [5.74, 6) is 1.85. The van der Waals surface area contributed by atoms with Crippen LogP contribution >= 0.6 is 11.8 Å². The molecule has 0 radical (unpaired) electrons. The molecule has 86 valence electrons. The summed E-state index contributed by atoms with van der Waals surface area (Å²) in [6, 6.07) is 0. The average molecular weight is 226 g/mol. The van der Waals surface area contributed by atoms with Gasteiger partial charge in [0.25, 0.3) is 0 Å².